The summed E-state index contributed by atoms with van der Waals surface area (Å²) >= 11 is 0. The molecule has 0 aliphatic carbocycles. The van der Waals surface area contributed by atoms with Gasteiger partial charge in [0.2, 0.25) is 0 Å². The van der Waals surface area contributed by atoms with Gasteiger partial charge in [-0.2, -0.15) is 0 Å². The highest BCUT2D eigenvalue weighted by Gasteiger charge is 2.26. The van der Waals surface area contributed by atoms with Crippen molar-refractivity contribution in [3.63, 3.8) is 0 Å². The fraction of sp³-hybridized carbons (Fsp3) is 0.629. The fourth-order valence-electron chi connectivity index (χ4n) is 5.24. The maximum atomic E-state index is 11.7. The van der Waals surface area contributed by atoms with Gasteiger partial charge in [0.25, 0.3) is 0 Å². The molecule has 2 saturated heterocycles. The number of aromatic hydroxyl groups is 1. The van der Waals surface area contributed by atoms with Gasteiger partial charge in [-0.05, 0) is 134 Å². The molecule has 42 heavy (non-hydrogen) atoms. The van der Waals surface area contributed by atoms with Gasteiger partial charge in [0, 0.05) is 19.7 Å². The molecule has 2 aliphatic heterocycles. The molecule has 0 radical (unpaired) electrons. The number of benzene rings is 2. The van der Waals surface area contributed by atoms with Crippen LogP contribution in [0.5, 0.6) is 11.5 Å². The normalized spacial score (nSPS) is 16.0. The number of amides is 1. The van der Waals surface area contributed by atoms with Crippen LogP contribution >= 0.6 is 0 Å². The minimum Gasteiger partial charge on any atom is -0.507 e. The average Bonchev–Trinajstić information content (AvgIpc) is 2.94. The van der Waals surface area contributed by atoms with Crippen LogP contribution in [0, 0.1) is 39.5 Å². The first-order chi connectivity index (χ1) is 19.9. The predicted molar refractivity (Wildman–Crippen MR) is 171 cm³/mol. The van der Waals surface area contributed by atoms with Crippen molar-refractivity contribution in [3.8, 4) is 11.5 Å². The number of rotatable bonds is 6. The van der Waals surface area contributed by atoms with Crippen molar-refractivity contribution in [2.45, 2.75) is 92.6 Å². The molecule has 7 nitrogen and oxygen atoms in total. The van der Waals surface area contributed by atoms with Crippen molar-refractivity contribution >= 4 is 6.09 Å². The Kier molecular flexibility index (Phi) is 15.2. The summed E-state index contributed by atoms with van der Waals surface area (Å²) in [6, 6.07) is 12.0. The number of carbonyl (C=O) groups excluding carboxylic acids is 1. The van der Waals surface area contributed by atoms with E-state index in [1.165, 1.54) is 43.5 Å². The standard InChI is InChI=1S/C15H23NO.C12H23NO3.C8H10O/c1-12-4-3-5-13(2)15(12)17-11-8-14-6-9-16-10-7-14;1-12(2,3)16-11(15)13-7-4-10(5-8-13)6-9-14;1-6-4-3-5-7(2)8(6)9/h3-5,14,16H,6-11H2,1-2H3;10,14H,4-9H2,1-3H3;3-5,9H,1-2H3. The summed E-state index contributed by atoms with van der Waals surface area (Å²) in [5.41, 5.74) is 3.95. The Morgan fingerprint density at radius 3 is 1.83 bits per heavy atom. The van der Waals surface area contributed by atoms with Gasteiger partial charge in [0.1, 0.15) is 17.1 Å². The molecule has 236 valence electrons. The number of likely N-dealkylation sites (tertiary alicyclic amines) is 1. The Labute approximate surface area is 254 Å². The highest BCUT2D eigenvalue weighted by Crippen LogP contribution is 2.24. The van der Waals surface area contributed by atoms with Crippen LogP contribution in [0.2, 0.25) is 0 Å². The summed E-state index contributed by atoms with van der Waals surface area (Å²) in [4.78, 5) is 13.5. The first-order valence-electron chi connectivity index (χ1n) is 15.6. The molecule has 0 atom stereocenters. The molecule has 0 saturated carbocycles. The summed E-state index contributed by atoms with van der Waals surface area (Å²) in [5, 5.41) is 21.4. The molecule has 2 aromatic carbocycles. The predicted octanol–water partition coefficient (Wildman–Crippen LogP) is 7.10. The van der Waals surface area contributed by atoms with Crippen LogP contribution in [0.4, 0.5) is 4.79 Å². The van der Waals surface area contributed by atoms with Crippen LogP contribution in [0.1, 0.15) is 81.5 Å². The minimum atomic E-state index is -0.418. The number of hydrogen-bond donors (Lipinski definition) is 3. The SMILES string of the molecule is CC(C)(C)OC(=O)N1CCC(CCO)CC1.Cc1cccc(C)c1O.Cc1cccc(C)c1OCCC1CCNCC1. The van der Waals surface area contributed by atoms with Gasteiger partial charge in [0.15, 0.2) is 0 Å². The van der Waals surface area contributed by atoms with Gasteiger partial charge >= 0.3 is 6.09 Å². The van der Waals surface area contributed by atoms with E-state index in [0.29, 0.717) is 11.7 Å². The second-order valence-electron chi connectivity index (χ2n) is 12.7. The van der Waals surface area contributed by atoms with Crippen molar-refractivity contribution in [2.24, 2.45) is 11.8 Å². The first kappa shape index (κ1) is 35.4. The summed E-state index contributed by atoms with van der Waals surface area (Å²) in [5.74, 6) is 2.91. The Morgan fingerprint density at radius 1 is 0.857 bits per heavy atom. The molecule has 3 N–H and O–H groups in total. The maximum Gasteiger partial charge on any atom is 0.410 e. The van der Waals surface area contributed by atoms with Crippen molar-refractivity contribution in [1.82, 2.24) is 10.2 Å². The van der Waals surface area contributed by atoms with E-state index >= 15 is 0 Å². The molecule has 2 aliphatic rings. The maximum absolute atomic E-state index is 11.7. The third-order valence-corrected chi connectivity index (χ3v) is 7.88. The van der Waals surface area contributed by atoms with E-state index < -0.39 is 5.60 Å². The Morgan fingerprint density at radius 2 is 1.36 bits per heavy atom. The third-order valence-electron chi connectivity index (χ3n) is 7.88. The van der Waals surface area contributed by atoms with Crippen LogP contribution in [0.25, 0.3) is 0 Å². The smallest absolute Gasteiger partial charge is 0.410 e. The van der Waals surface area contributed by atoms with Crippen LogP contribution in [0.15, 0.2) is 36.4 Å². The van der Waals surface area contributed by atoms with Crippen molar-refractivity contribution in [2.75, 3.05) is 39.4 Å². The fourth-order valence-corrected chi connectivity index (χ4v) is 5.24. The van der Waals surface area contributed by atoms with E-state index in [-0.39, 0.29) is 12.7 Å². The van der Waals surface area contributed by atoms with Gasteiger partial charge in [-0.15, -0.1) is 0 Å². The number of aliphatic hydroxyl groups is 1. The number of phenolic OH excluding ortho intramolecular Hbond substituents is 1. The van der Waals surface area contributed by atoms with E-state index in [1.54, 1.807) is 4.90 Å². The van der Waals surface area contributed by atoms with Crippen LogP contribution in [-0.2, 0) is 4.74 Å². The van der Waals surface area contributed by atoms with E-state index in [0.717, 1.165) is 61.8 Å². The lowest BCUT2D eigenvalue weighted by atomic mass is 9.94. The zero-order valence-corrected chi connectivity index (χ0v) is 27.2. The number of para-hydroxylation sites is 2. The molecular weight excluding hydrogens is 528 g/mol. The molecule has 4 rings (SSSR count). The summed E-state index contributed by atoms with van der Waals surface area (Å²) in [7, 11) is 0. The Balaban J connectivity index is 0.000000230. The van der Waals surface area contributed by atoms with Crippen LogP contribution < -0.4 is 10.1 Å². The lowest BCUT2D eigenvalue weighted by Gasteiger charge is -2.33. The Bertz CT molecular complexity index is 1030. The second kappa shape index (κ2) is 18.0. The van der Waals surface area contributed by atoms with Crippen molar-refractivity contribution in [1.29, 1.82) is 0 Å². The first-order valence-corrected chi connectivity index (χ1v) is 15.6. The van der Waals surface area contributed by atoms with Gasteiger partial charge in [-0.3, -0.25) is 0 Å². The second-order valence-corrected chi connectivity index (χ2v) is 12.7. The highest BCUT2D eigenvalue weighted by molar-refractivity contribution is 5.68. The molecule has 0 aromatic heterocycles. The van der Waals surface area contributed by atoms with Crippen molar-refractivity contribution < 1.29 is 24.5 Å². The van der Waals surface area contributed by atoms with E-state index in [4.69, 9.17) is 14.6 Å². The number of carbonyl (C=O) groups is 1. The third kappa shape index (κ3) is 13.0. The van der Waals surface area contributed by atoms with Gasteiger partial charge < -0.3 is 29.9 Å². The number of piperidine rings is 2. The minimum absolute atomic E-state index is 0.213. The van der Waals surface area contributed by atoms with Crippen LogP contribution in [0.3, 0.4) is 0 Å². The molecule has 2 aromatic rings. The number of phenols is 1. The zero-order chi connectivity index (χ0) is 31.1. The number of aryl methyl sites for hydroxylation is 4. The zero-order valence-electron chi connectivity index (χ0n) is 27.2. The quantitative estimate of drug-likeness (QED) is 0.336. The number of hydrogen-bond acceptors (Lipinski definition) is 6. The largest absolute Gasteiger partial charge is 0.507 e. The lowest BCUT2D eigenvalue weighted by Crippen LogP contribution is -2.41. The van der Waals surface area contributed by atoms with Crippen molar-refractivity contribution in [3.05, 3.63) is 58.7 Å². The number of nitrogens with one attached hydrogen (secondary N) is 1. The number of nitrogens with zero attached hydrogens (tertiary/aromatic N) is 1. The molecule has 1 amide bonds. The summed E-state index contributed by atoms with van der Waals surface area (Å²) in [6.07, 6.45) is 6.37. The van der Waals surface area contributed by atoms with E-state index in [2.05, 4.69) is 37.4 Å². The monoisotopic (exact) mass is 584 g/mol. The molecule has 0 unspecified atom stereocenters. The van der Waals surface area contributed by atoms with Gasteiger partial charge in [0.05, 0.1) is 6.61 Å². The topological polar surface area (TPSA) is 91.3 Å². The molecular formula is C35H56N2O5. The molecule has 0 spiro atoms. The average molecular weight is 585 g/mol. The Hall–Kier alpha value is -2.77. The van der Waals surface area contributed by atoms with E-state index in [9.17, 15) is 9.90 Å². The molecule has 2 fully saturated rings. The van der Waals surface area contributed by atoms with E-state index in [1.807, 2.05) is 52.8 Å². The molecule has 7 heteroatoms. The summed E-state index contributed by atoms with van der Waals surface area (Å²) in [6.45, 7) is 18.6. The number of aliphatic hydroxyl groups excluding tert-OH is 1. The van der Waals surface area contributed by atoms with Gasteiger partial charge in [-0.1, -0.05) is 36.4 Å². The lowest BCUT2D eigenvalue weighted by molar-refractivity contribution is 0.0176. The van der Waals surface area contributed by atoms with Crippen LogP contribution in [-0.4, -0.2) is 66.2 Å². The number of ether oxygens (including phenoxy) is 2. The van der Waals surface area contributed by atoms with Gasteiger partial charge in [-0.25, -0.2) is 4.79 Å². The molecule has 2 heterocycles. The summed E-state index contributed by atoms with van der Waals surface area (Å²) < 4.78 is 11.3. The molecule has 0 bridgehead atoms. The highest BCUT2D eigenvalue weighted by atomic mass is 16.6.